The summed E-state index contributed by atoms with van der Waals surface area (Å²) in [7, 11) is 0. The molecule has 0 aromatic heterocycles. The van der Waals surface area contributed by atoms with E-state index in [0.717, 1.165) is 22.2 Å². The largest absolute Gasteiger partial charge is 0.260 e. The Morgan fingerprint density at radius 1 is 1.12 bits per heavy atom. The monoisotopic (exact) mass is 383 g/mol. The second-order valence-electron chi connectivity index (χ2n) is 7.48. The van der Waals surface area contributed by atoms with Crippen LogP contribution in [0.1, 0.15) is 50.2 Å². The maximum absolute atomic E-state index is 6.34. The van der Waals surface area contributed by atoms with Gasteiger partial charge in [-0.3, -0.25) is 4.99 Å². The number of hydrogen-bond donors (Lipinski definition) is 0. The molecule has 0 amide bonds. The molecule has 0 bridgehead atoms. The van der Waals surface area contributed by atoms with E-state index in [-0.39, 0.29) is 5.41 Å². The first kappa shape index (κ1) is 17.8. The Bertz CT molecular complexity index is 899. The van der Waals surface area contributed by atoms with E-state index in [1.54, 1.807) is 0 Å². The second-order valence-corrected chi connectivity index (χ2v) is 8.35. The number of rotatable bonds is 2. The molecule has 3 atom stereocenters. The van der Waals surface area contributed by atoms with E-state index in [1.165, 1.54) is 29.5 Å². The Kier molecular flexibility index (Phi) is 4.71. The highest BCUT2D eigenvalue weighted by Crippen LogP contribution is 2.58. The lowest BCUT2D eigenvalue weighted by molar-refractivity contribution is 0.257. The fourth-order valence-electron chi connectivity index (χ4n) is 5.00. The Balaban J connectivity index is 1.94. The van der Waals surface area contributed by atoms with E-state index in [4.69, 9.17) is 28.2 Å². The lowest BCUT2D eigenvalue weighted by atomic mass is 9.54. The molecule has 0 radical (unpaired) electrons. The molecule has 0 N–H and O–H groups in total. The van der Waals surface area contributed by atoms with Gasteiger partial charge in [0.25, 0.3) is 0 Å². The Morgan fingerprint density at radius 2 is 1.92 bits per heavy atom. The molecule has 1 fully saturated rings. The molecule has 1 aliphatic heterocycles. The predicted molar refractivity (Wildman–Crippen MR) is 112 cm³/mol. The summed E-state index contributed by atoms with van der Waals surface area (Å²) in [4.78, 5) is 4.83. The van der Waals surface area contributed by atoms with Gasteiger partial charge in [0.05, 0.1) is 5.69 Å². The van der Waals surface area contributed by atoms with Crippen LogP contribution < -0.4 is 0 Å². The molecule has 1 spiro atoms. The van der Waals surface area contributed by atoms with E-state index in [9.17, 15) is 0 Å². The van der Waals surface area contributed by atoms with Gasteiger partial charge in [0, 0.05) is 21.7 Å². The van der Waals surface area contributed by atoms with Gasteiger partial charge in [-0.2, -0.15) is 0 Å². The molecule has 2 aromatic carbocycles. The minimum atomic E-state index is -0.126. The molecule has 1 aliphatic carbocycles. The topological polar surface area (TPSA) is 12.4 Å². The molecule has 3 heteroatoms. The van der Waals surface area contributed by atoms with Gasteiger partial charge in [-0.25, -0.2) is 0 Å². The van der Waals surface area contributed by atoms with Crippen molar-refractivity contribution in [1.29, 1.82) is 0 Å². The van der Waals surface area contributed by atoms with Crippen LogP contribution in [0.5, 0.6) is 0 Å². The molecular weight excluding hydrogens is 361 g/mol. The lowest BCUT2D eigenvalue weighted by Gasteiger charge is -2.47. The van der Waals surface area contributed by atoms with Gasteiger partial charge in [0.2, 0.25) is 0 Å². The first-order valence-corrected chi connectivity index (χ1v) is 10.1. The van der Waals surface area contributed by atoms with Gasteiger partial charge in [-0.05, 0) is 73.9 Å². The predicted octanol–water partition coefficient (Wildman–Crippen LogP) is 7.50. The third kappa shape index (κ3) is 2.73. The summed E-state index contributed by atoms with van der Waals surface area (Å²) in [5.41, 5.74) is 4.93. The van der Waals surface area contributed by atoms with Crippen LogP contribution in [0.15, 0.2) is 59.1 Å². The van der Waals surface area contributed by atoms with Crippen LogP contribution in [0.3, 0.4) is 0 Å². The van der Waals surface area contributed by atoms with Crippen molar-refractivity contribution in [3.63, 3.8) is 0 Å². The molecule has 4 rings (SSSR count). The van der Waals surface area contributed by atoms with Crippen LogP contribution in [0.2, 0.25) is 10.0 Å². The zero-order valence-corrected chi connectivity index (χ0v) is 16.7. The average Bonchev–Trinajstić information content (AvgIpc) is 3.00. The number of fused-ring (bicyclic) bond motifs is 2. The van der Waals surface area contributed by atoms with Crippen molar-refractivity contribution >= 4 is 35.1 Å². The second kappa shape index (κ2) is 6.87. The van der Waals surface area contributed by atoms with Crippen LogP contribution in [-0.2, 0) is 5.41 Å². The van der Waals surface area contributed by atoms with Gasteiger partial charge in [0.15, 0.2) is 0 Å². The van der Waals surface area contributed by atoms with Crippen molar-refractivity contribution < 1.29 is 0 Å². The molecule has 26 heavy (non-hydrogen) atoms. The summed E-state index contributed by atoms with van der Waals surface area (Å²) < 4.78 is 0. The van der Waals surface area contributed by atoms with Crippen molar-refractivity contribution in [2.45, 2.75) is 44.4 Å². The van der Waals surface area contributed by atoms with E-state index < -0.39 is 0 Å². The molecular formula is C23H23Cl2N. The molecule has 2 aliphatic rings. The quantitative estimate of drug-likeness (QED) is 0.476. The summed E-state index contributed by atoms with van der Waals surface area (Å²) in [6.45, 7) is 4.40. The minimum absolute atomic E-state index is 0.126. The summed E-state index contributed by atoms with van der Waals surface area (Å²) >= 11 is 12.6. The molecule has 0 saturated heterocycles. The fraction of sp³-hybridized carbons (Fsp3) is 0.348. The van der Waals surface area contributed by atoms with Crippen LogP contribution in [0.4, 0.5) is 5.69 Å². The summed E-state index contributed by atoms with van der Waals surface area (Å²) in [5, 5.41) is 1.54. The lowest BCUT2D eigenvalue weighted by Crippen LogP contribution is -2.44. The van der Waals surface area contributed by atoms with Crippen LogP contribution in [0.25, 0.3) is 0 Å². The molecule has 1 nitrogen and oxygen atoms in total. The normalized spacial score (nSPS) is 27.8. The Labute approximate surface area is 165 Å². The van der Waals surface area contributed by atoms with Gasteiger partial charge < -0.3 is 0 Å². The maximum atomic E-state index is 6.34. The van der Waals surface area contributed by atoms with Crippen molar-refractivity contribution in [2.24, 2.45) is 10.9 Å². The molecule has 3 unspecified atom stereocenters. The molecule has 134 valence electrons. The van der Waals surface area contributed by atoms with E-state index in [1.807, 2.05) is 18.2 Å². The zero-order valence-electron chi connectivity index (χ0n) is 15.2. The molecule has 1 heterocycles. The third-order valence-corrected chi connectivity index (χ3v) is 6.71. The Hall–Kier alpha value is -1.57. The highest BCUT2D eigenvalue weighted by atomic mass is 35.5. The SMILES string of the molecule is CC=C(C)C1CCCC(c2cccc(Cl)c2)C12C=Nc1cc(Cl)ccc12. The average molecular weight is 384 g/mol. The van der Waals surface area contributed by atoms with Crippen molar-refractivity contribution in [3.8, 4) is 0 Å². The minimum Gasteiger partial charge on any atom is -0.260 e. The van der Waals surface area contributed by atoms with Gasteiger partial charge >= 0.3 is 0 Å². The Morgan fingerprint density at radius 3 is 2.69 bits per heavy atom. The molecule has 1 saturated carbocycles. The number of halogens is 2. The zero-order chi connectivity index (χ0) is 18.3. The first-order chi connectivity index (χ1) is 12.6. The smallest absolute Gasteiger partial charge is 0.0682 e. The standard InChI is InChI=1S/C23H23Cl2N/c1-3-15(2)19-8-5-9-20(16-6-4-7-17(24)12-16)23(19)14-26-22-13-18(25)10-11-21(22)23/h3-4,6-7,10-14,19-20H,5,8-9H2,1-2H3. The first-order valence-electron chi connectivity index (χ1n) is 9.30. The number of allylic oxidation sites excluding steroid dienone is 2. The van der Waals surface area contributed by atoms with Crippen LogP contribution >= 0.6 is 23.2 Å². The maximum Gasteiger partial charge on any atom is 0.0682 e. The third-order valence-electron chi connectivity index (χ3n) is 6.24. The number of aliphatic imine (C=N–C) groups is 1. The van der Waals surface area contributed by atoms with Crippen molar-refractivity contribution in [1.82, 2.24) is 0 Å². The summed E-state index contributed by atoms with van der Waals surface area (Å²) in [6.07, 6.45) is 8.00. The van der Waals surface area contributed by atoms with Gasteiger partial charge in [-0.15, -0.1) is 0 Å². The van der Waals surface area contributed by atoms with E-state index in [2.05, 4.69) is 50.4 Å². The van der Waals surface area contributed by atoms with Gasteiger partial charge in [0.1, 0.15) is 0 Å². The van der Waals surface area contributed by atoms with Crippen LogP contribution in [0, 0.1) is 5.92 Å². The van der Waals surface area contributed by atoms with Crippen molar-refractivity contribution in [2.75, 3.05) is 0 Å². The summed E-state index contributed by atoms with van der Waals surface area (Å²) in [6, 6.07) is 14.5. The van der Waals surface area contributed by atoms with Crippen LogP contribution in [-0.4, -0.2) is 6.21 Å². The summed E-state index contributed by atoms with van der Waals surface area (Å²) in [5.74, 6) is 0.803. The molecule has 2 aromatic rings. The fourth-order valence-corrected chi connectivity index (χ4v) is 5.36. The van der Waals surface area contributed by atoms with Crippen molar-refractivity contribution in [3.05, 3.63) is 75.3 Å². The van der Waals surface area contributed by atoms with E-state index in [0.29, 0.717) is 11.8 Å². The number of nitrogens with zero attached hydrogens (tertiary/aromatic N) is 1. The highest BCUT2D eigenvalue weighted by molar-refractivity contribution is 6.31. The number of hydrogen-bond acceptors (Lipinski definition) is 1. The van der Waals surface area contributed by atoms with Gasteiger partial charge in [-0.1, -0.05) is 59.5 Å². The highest BCUT2D eigenvalue weighted by Gasteiger charge is 2.51. The van der Waals surface area contributed by atoms with E-state index >= 15 is 0 Å². The number of benzene rings is 2.